The number of pyridine rings is 1. The van der Waals surface area contributed by atoms with E-state index in [0.717, 1.165) is 23.7 Å². The van der Waals surface area contributed by atoms with Crippen molar-refractivity contribution in [3.63, 3.8) is 0 Å². The summed E-state index contributed by atoms with van der Waals surface area (Å²) in [5.41, 5.74) is 0.891. The largest absolute Gasteiger partial charge is 0.420 e. The van der Waals surface area contributed by atoms with Crippen molar-refractivity contribution in [3.8, 4) is 5.82 Å². The number of ether oxygens (including phenoxy) is 1. The van der Waals surface area contributed by atoms with Crippen molar-refractivity contribution in [2.75, 3.05) is 6.61 Å². The van der Waals surface area contributed by atoms with Crippen molar-refractivity contribution < 1.29 is 22.7 Å². The minimum Gasteiger partial charge on any atom is -0.372 e. The summed E-state index contributed by atoms with van der Waals surface area (Å²) >= 11 is 6.04. The maximum absolute atomic E-state index is 13.6. The van der Waals surface area contributed by atoms with Crippen molar-refractivity contribution in [3.05, 3.63) is 64.5 Å². The van der Waals surface area contributed by atoms with E-state index in [0.29, 0.717) is 23.5 Å². The molecule has 9 nitrogen and oxygen atoms in total. The lowest BCUT2D eigenvalue weighted by atomic mass is 10.00. The van der Waals surface area contributed by atoms with Crippen molar-refractivity contribution in [2.24, 2.45) is 0 Å². The number of carbonyl (C=O) groups is 1. The molecule has 0 aliphatic carbocycles. The molecular weight excluding hydrogens is 475 g/mol. The fourth-order valence-electron chi connectivity index (χ4n) is 4.02. The van der Waals surface area contributed by atoms with Crippen LogP contribution in [-0.2, 0) is 28.5 Å². The maximum Gasteiger partial charge on any atom is 0.420 e. The van der Waals surface area contributed by atoms with Crippen LogP contribution < -0.4 is 0 Å². The Balaban J connectivity index is 1.43. The van der Waals surface area contributed by atoms with Gasteiger partial charge < -0.3 is 4.74 Å². The predicted molar refractivity (Wildman–Crippen MR) is 112 cm³/mol. The molecule has 0 N–H and O–H groups in total. The van der Waals surface area contributed by atoms with E-state index in [9.17, 15) is 18.0 Å². The number of Topliss-reactive ketones (excluding diaryl/α,β-unsaturated/α-hetero) is 1. The molecule has 1 aliphatic heterocycles. The quantitative estimate of drug-likeness (QED) is 0.406. The molecule has 0 spiro atoms. The predicted octanol–water partition coefficient (Wildman–Crippen LogP) is 3.58. The Labute approximate surface area is 195 Å². The van der Waals surface area contributed by atoms with Crippen molar-refractivity contribution in [2.45, 2.75) is 38.0 Å². The molecule has 1 saturated heterocycles. The van der Waals surface area contributed by atoms with Gasteiger partial charge in [0.05, 0.1) is 24.2 Å². The zero-order valence-electron chi connectivity index (χ0n) is 17.5. The van der Waals surface area contributed by atoms with E-state index in [4.69, 9.17) is 16.3 Å². The molecule has 176 valence electrons. The van der Waals surface area contributed by atoms with Gasteiger partial charge in [-0.3, -0.25) is 4.79 Å². The highest BCUT2D eigenvalue weighted by atomic mass is 35.5. The third kappa shape index (κ3) is 4.38. The first-order chi connectivity index (χ1) is 16.3. The Bertz CT molecular complexity index is 1350. The van der Waals surface area contributed by atoms with Crippen molar-refractivity contribution in [1.82, 2.24) is 34.6 Å². The first-order valence-electron chi connectivity index (χ1n) is 10.4. The molecule has 5 rings (SSSR count). The molecule has 1 atom stereocenters. The van der Waals surface area contributed by atoms with Crippen LogP contribution in [0.15, 0.2) is 36.9 Å². The molecular formula is C21H17ClF3N7O2. The van der Waals surface area contributed by atoms with Gasteiger partial charge in [-0.2, -0.15) is 28.5 Å². The van der Waals surface area contributed by atoms with E-state index in [2.05, 4.69) is 25.3 Å². The smallest absolute Gasteiger partial charge is 0.372 e. The molecule has 13 heteroatoms. The summed E-state index contributed by atoms with van der Waals surface area (Å²) in [4.78, 5) is 21.9. The van der Waals surface area contributed by atoms with Crippen LogP contribution in [0, 0.1) is 0 Å². The monoisotopic (exact) mass is 491 g/mol. The molecule has 1 unspecified atom stereocenters. The number of halogens is 4. The zero-order chi connectivity index (χ0) is 23.9. The molecule has 34 heavy (non-hydrogen) atoms. The van der Waals surface area contributed by atoms with E-state index in [1.54, 1.807) is 16.8 Å². The average molecular weight is 492 g/mol. The average Bonchev–Trinajstić information content (AvgIpc) is 3.54. The number of rotatable bonds is 6. The Morgan fingerprint density at radius 2 is 1.94 bits per heavy atom. The van der Waals surface area contributed by atoms with E-state index >= 15 is 0 Å². The van der Waals surface area contributed by atoms with Crippen LogP contribution in [0.3, 0.4) is 0 Å². The van der Waals surface area contributed by atoms with Gasteiger partial charge in [0, 0.05) is 43.5 Å². The maximum atomic E-state index is 13.6. The summed E-state index contributed by atoms with van der Waals surface area (Å²) in [6, 6.07) is 2.51. The topological polar surface area (TPSA) is 100 Å². The normalized spacial score (nSPS) is 16.4. The Morgan fingerprint density at radius 1 is 1.15 bits per heavy atom. The summed E-state index contributed by atoms with van der Waals surface area (Å²) in [5.74, 6) is -0.766. The summed E-state index contributed by atoms with van der Waals surface area (Å²) in [6.07, 6.45) is 1.63. The number of carbonyl (C=O) groups excluding carboxylic acids is 1. The number of nitrogens with zero attached hydrogens (tertiary/aromatic N) is 7. The lowest BCUT2D eigenvalue weighted by Crippen LogP contribution is -2.17. The molecule has 0 saturated carbocycles. The van der Waals surface area contributed by atoms with Crippen LogP contribution in [-0.4, -0.2) is 47.0 Å². The highest BCUT2D eigenvalue weighted by Gasteiger charge is 2.36. The van der Waals surface area contributed by atoms with Crippen LogP contribution in [0.1, 0.15) is 41.3 Å². The van der Waals surface area contributed by atoms with Gasteiger partial charge in [0.2, 0.25) is 0 Å². The van der Waals surface area contributed by atoms with Crippen molar-refractivity contribution >= 4 is 23.0 Å². The molecule has 4 aromatic rings. The van der Waals surface area contributed by atoms with Crippen LogP contribution in [0.4, 0.5) is 13.2 Å². The third-order valence-electron chi connectivity index (χ3n) is 5.43. The second kappa shape index (κ2) is 8.76. The van der Waals surface area contributed by atoms with Crippen LogP contribution in [0.2, 0.25) is 5.15 Å². The summed E-state index contributed by atoms with van der Waals surface area (Å²) in [6.45, 7) is 0.584. The highest BCUT2D eigenvalue weighted by molar-refractivity contribution is 6.29. The van der Waals surface area contributed by atoms with Gasteiger partial charge in [0.15, 0.2) is 16.6 Å². The lowest BCUT2D eigenvalue weighted by molar-refractivity contribution is -0.138. The van der Waals surface area contributed by atoms with Gasteiger partial charge in [-0.1, -0.05) is 11.6 Å². The molecule has 1 fully saturated rings. The first-order valence-corrected chi connectivity index (χ1v) is 10.8. The minimum absolute atomic E-state index is 0.0561. The van der Waals surface area contributed by atoms with Gasteiger partial charge >= 0.3 is 6.18 Å². The Kier molecular flexibility index (Phi) is 5.78. The van der Waals surface area contributed by atoms with E-state index in [1.807, 2.05) is 0 Å². The van der Waals surface area contributed by atoms with Crippen LogP contribution in [0.25, 0.3) is 11.5 Å². The van der Waals surface area contributed by atoms with Gasteiger partial charge in [0.25, 0.3) is 0 Å². The number of alkyl halides is 3. The summed E-state index contributed by atoms with van der Waals surface area (Å²) < 4.78 is 48.3. The summed E-state index contributed by atoms with van der Waals surface area (Å²) in [7, 11) is 0. The number of hydrogen-bond donors (Lipinski definition) is 0. The Morgan fingerprint density at radius 3 is 2.65 bits per heavy atom. The molecule has 0 radical (unpaired) electrons. The van der Waals surface area contributed by atoms with E-state index in [-0.39, 0.29) is 35.4 Å². The molecule has 4 aromatic heterocycles. The van der Waals surface area contributed by atoms with E-state index in [1.165, 1.54) is 18.6 Å². The number of ketones is 1. The third-order valence-corrected chi connectivity index (χ3v) is 5.62. The highest BCUT2D eigenvalue weighted by Crippen LogP contribution is 2.34. The molecule has 5 heterocycles. The number of fused-ring (bicyclic) bond motifs is 1. The molecule has 1 aliphatic rings. The standard InChI is InChI=1S/C21H17ClF3N7O2/c22-17-9-18-26-11-13(19(31(18)30-17)16-2-1-5-34-16)8-14(33)6-12-7-15(21(23,24)25)20(27-10-12)32-28-3-4-29-32/h3-4,7,9-11,16H,1-2,5-6,8H2. The lowest BCUT2D eigenvalue weighted by Gasteiger charge is -2.16. The van der Waals surface area contributed by atoms with Crippen LogP contribution >= 0.6 is 11.6 Å². The summed E-state index contributed by atoms with van der Waals surface area (Å²) in [5, 5.41) is 12.0. The molecule has 0 amide bonds. The number of hydrogen-bond acceptors (Lipinski definition) is 7. The molecule has 0 aromatic carbocycles. The second-order valence-electron chi connectivity index (χ2n) is 7.83. The first kappa shape index (κ1) is 22.4. The number of aromatic nitrogens is 7. The Hall–Kier alpha value is -3.38. The fraction of sp³-hybridized carbons (Fsp3) is 0.333. The van der Waals surface area contributed by atoms with Gasteiger partial charge in [0.1, 0.15) is 11.3 Å². The van der Waals surface area contributed by atoms with Crippen molar-refractivity contribution in [1.29, 1.82) is 0 Å². The van der Waals surface area contributed by atoms with Gasteiger partial charge in [-0.25, -0.2) is 14.5 Å². The van der Waals surface area contributed by atoms with Gasteiger partial charge in [-0.15, -0.1) is 4.80 Å². The minimum atomic E-state index is -4.70. The zero-order valence-corrected chi connectivity index (χ0v) is 18.3. The van der Waals surface area contributed by atoms with E-state index < -0.39 is 17.6 Å². The molecule has 0 bridgehead atoms. The van der Waals surface area contributed by atoms with Crippen LogP contribution in [0.5, 0.6) is 0 Å². The fourth-order valence-corrected chi connectivity index (χ4v) is 4.20. The van der Waals surface area contributed by atoms with Gasteiger partial charge in [-0.05, 0) is 24.5 Å². The SMILES string of the molecule is O=C(Cc1cnc(-n2nccn2)c(C(F)(F)F)c1)Cc1cnc2cc(Cl)nn2c1C1CCCO1. The second-order valence-corrected chi connectivity index (χ2v) is 8.22.